The number of carbonyl (C=O) groups is 2. The molecule has 0 aromatic rings. The van der Waals surface area contributed by atoms with Gasteiger partial charge in [0.2, 0.25) is 0 Å². The molecule has 0 heterocycles. The van der Waals surface area contributed by atoms with Crippen molar-refractivity contribution >= 4 is 23.4 Å². The normalized spacial score (nSPS) is 11.0. The molecule has 0 rings (SSSR count). The van der Waals surface area contributed by atoms with Crippen LogP contribution >= 0.6 is 11.6 Å². The first-order valence-corrected chi connectivity index (χ1v) is 4.26. The summed E-state index contributed by atoms with van der Waals surface area (Å²) in [5.74, 6) is -0.996. The maximum absolute atomic E-state index is 11.2. The molecule has 0 unspecified atom stereocenters. The molecular formula is C8H13ClO3. The van der Waals surface area contributed by atoms with Crippen LogP contribution in [0.2, 0.25) is 0 Å². The molecule has 0 aromatic carbocycles. The van der Waals surface area contributed by atoms with E-state index in [1.54, 1.807) is 6.92 Å². The number of halogens is 1. The Balaban J connectivity index is 4.38. The van der Waals surface area contributed by atoms with Crippen LogP contribution in [0, 0.1) is 5.41 Å². The Labute approximate surface area is 77.0 Å². The van der Waals surface area contributed by atoms with Crippen LogP contribution in [0.15, 0.2) is 0 Å². The van der Waals surface area contributed by atoms with Crippen molar-refractivity contribution in [1.29, 1.82) is 0 Å². The number of ketones is 1. The molecule has 0 aromatic heterocycles. The number of hydrogen-bond donors (Lipinski definition) is 0. The fraction of sp³-hybridized carbons (Fsp3) is 0.750. The zero-order valence-electron chi connectivity index (χ0n) is 7.52. The maximum atomic E-state index is 11.2. The van der Waals surface area contributed by atoms with Crippen molar-refractivity contribution < 1.29 is 14.3 Å². The van der Waals surface area contributed by atoms with Gasteiger partial charge in [-0.3, -0.25) is 9.59 Å². The SMILES string of the molecule is CCOC(=O)C(C)(C)C(=O)CCl. The lowest BCUT2D eigenvalue weighted by molar-refractivity contribution is -0.157. The minimum Gasteiger partial charge on any atom is -0.465 e. The van der Waals surface area contributed by atoms with E-state index in [1.165, 1.54) is 13.8 Å². The third kappa shape index (κ3) is 2.48. The first-order chi connectivity index (χ1) is 5.46. The number of esters is 1. The standard InChI is InChI=1S/C8H13ClO3/c1-4-12-7(11)8(2,3)6(10)5-9/h4-5H2,1-3H3. The highest BCUT2D eigenvalue weighted by atomic mass is 35.5. The molecule has 70 valence electrons. The van der Waals surface area contributed by atoms with Gasteiger partial charge in [-0.15, -0.1) is 11.6 Å². The summed E-state index contributed by atoms with van der Waals surface area (Å²) in [5, 5.41) is 0. The molecular weight excluding hydrogens is 180 g/mol. The van der Waals surface area contributed by atoms with E-state index >= 15 is 0 Å². The van der Waals surface area contributed by atoms with Crippen molar-refractivity contribution in [2.24, 2.45) is 5.41 Å². The second-order valence-electron chi connectivity index (χ2n) is 2.90. The van der Waals surface area contributed by atoms with Crippen LogP contribution in [-0.4, -0.2) is 24.2 Å². The predicted octanol–water partition coefficient (Wildman–Crippen LogP) is 1.38. The van der Waals surface area contributed by atoms with E-state index in [4.69, 9.17) is 16.3 Å². The van der Waals surface area contributed by atoms with Gasteiger partial charge in [0.25, 0.3) is 0 Å². The van der Waals surface area contributed by atoms with Crippen LogP contribution < -0.4 is 0 Å². The summed E-state index contributed by atoms with van der Waals surface area (Å²) >= 11 is 5.32. The van der Waals surface area contributed by atoms with E-state index in [1.807, 2.05) is 0 Å². The molecule has 0 amide bonds. The number of rotatable bonds is 4. The van der Waals surface area contributed by atoms with Crippen molar-refractivity contribution in [3.8, 4) is 0 Å². The van der Waals surface area contributed by atoms with Crippen molar-refractivity contribution in [1.82, 2.24) is 0 Å². The highest BCUT2D eigenvalue weighted by Gasteiger charge is 2.36. The maximum Gasteiger partial charge on any atom is 0.319 e. The van der Waals surface area contributed by atoms with Crippen molar-refractivity contribution in [3.63, 3.8) is 0 Å². The van der Waals surface area contributed by atoms with Crippen LogP contribution in [0.4, 0.5) is 0 Å². The highest BCUT2D eigenvalue weighted by molar-refractivity contribution is 6.30. The molecule has 0 aliphatic carbocycles. The molecule has 0 bridgehead atoms. The third-order valence-electron chi connectivity index (χ3n) is 1.60. The molecule has 12 heavy (non-hydrogen) atoms. The molecule has 0 spiro atoms. The van der Waals surface area contributed by atoms with Crippen LogP contribution in [0.3, 0.4) is 0 Å². The third-order valence-corrected chi connectivity index (χ3v) is 1.85. The second-order valence-corrected chi connectivity index (χ2v) is 3.17. The van der Waals surface area contributed by atoms with Gasteiger partial charge in [-0.05, 0) is 20.8 Å². The molecule has 0 radical (unpaired) electrons. The lowest BCUT2D eigenvalue weighted by atomic mass is 9.89. The van der Waals surface area contributed by atoms with E-state index in [2.05, 4.69) is 0 Å². The van der Waals surface area contributed by atoms with Crippen LogP contribution in [0.25, 0.3) is 0 Å². The fourth-order valence-corrected chi connectivity index (χ4v) is 0.926. The molecule has 3 nitrogen and oxygen atoms in total. The average Bonchev–Trinajstić information content (AvgIpc) is 2.03. The number of carbonyl (C=O) groups excluding carboxylic acids is 2. The molecule has 4 heteroatoms. The van der Waals surface area contributed by atoms with Crippen molar-refractivity contribution in [2.75, 3.05) is 12.5 Å². The smallest absolute Gasteiger partial charge is 0.319 e. The zero-order chi connectivity index (χ0) is 9.78. The van der Waals surface area contributed by atoms with Gasteiger partial charge >= 0.3 is 5.97 Å². The van der Waals surface area contributed by atoms with Gasteiger partial charge in [-0.1, -0.05) is 0 Å². The molecule has 0 saturated carbocycles. The van der Waals surface area contributed by atoms with Crippen molar-refractivity contribution in [3.05, 3.63) is 0 Å². The molecule has 0 aliphatic rings. The van der Waals surface area contributed by atoms with E-state index in [0.717, 1.165) is 0 Å². The van der Waals surface area contributed by atoms with Crippen LogP contribution in [-0.2, 0) is 14.3 Å². The second kappa shape index (κ2) is 4.45. The Morgan fingerprint density at radius 1 is 1.42 bits per heavy atom. The lowest BCUT2D eigenvalue weighted by Gasteiger charge is -2.18. The van der Waals surface area contributed by atoms with Gasteiger partial charge in [-0.25, -0.2) is 0 Å². The molecule has 0 N–H and O–H groups in total. The topological polar surface area (TPSA) is 43.4 Å². The van der Waals surface area contributed by atoms with Gasteiger partial charge in [-0.2, -0.15) is 0 Å². The minimum atomic E-state index is -1.11. The van der Waals surface area contributed by atoms with Gasteiger partial charge in [0.1, 0.15) is 5.41 Å². The van der Waals surface area contributed by atoms with Crippen molar-refractivity contribution in [2.45, 2.75) is 20.8 Å². The summed E-state index contributed by atoms with van der Waals surface area (Å²) in [4.78, 5) is 22.3. The van der Waals surface area contributed by atoms with Crippen LogP contribution in [0.1, 0.15) is 20.8 Å². The number of ether oxygens (including phenoxy) is 1. The Hall–Kier alpha value is -0.570. The zero-order valence-corrected chi connectivity index (χ0v) is 8.27. The van der Waals surface area contributed by atoms with Gasteiger partial charge in [0.15, 0.2) is 5.78 Å². The first-order valence-electron chi connectivity index (χ1n) is 3.73. The Morgan fingerprint density at radius 2 is 1.92 bits per heavy atom. The Bertz CT molecular complexity index is 187. The van der Waals surface area contributed by atoms with Gasteiger partial charge in [0.05, 0.1) is 12.5 Å². The summed E-state index contributed by atoms with van der Waals surface area (Å²) in [6.07, 6.45) is 0. The first kappa shape index (κ1) is 11.4. The average molecular weight is 193 g/mol. The largest absolute Gasteiger partial charge is 0.465 e. The van der Waals surface area contributed by atoms with Gasteiger partial charge in [0, 0.05) is 0 Å². The van der Waals surface area contributed by atoms with E-state index in [9.17, 15) is 9.59 Å². The van der Waals surface area contributed by atoms with E-state index in [0.29, 0.717) is 0 Å². The van der Waals surface area contributed by atoms with E-state index in [-0.39, 0.29) is 18.3 Å². The minimum absolute atomic E-state index is 0.161. The summed E-state index contributed by atoms with van der Waals surface area (Å²) < 4.78 is 4.71. The molecule has 0 atom stereocenters. The quantitative estimate of drug-likeness (QED) is 0.384. The fourth-order valence-electron chi connectivity index (χ4n) is 0.592. The Morgan fingerprint density at radius 3 is 2.25 bits per heavy atom. The highest BCUT2D eigenvalue weighted by Crippen LogP contribution is 2.19. The summed E-state index contributed by atoms with van der Waals surface area (Å²) in [7, 11) is 0. The monoisotopic (exact) mass is 192 g/mol. The predicted molar refractivity (Wildman–Crippen MR) is 46.1 cm³/mol. The number of alkyl halides is 1. The van der Waals surface area contributed by atoms with E-state index < -0.39 is 11.4 Å². The molecule has 0 aliphatic heterocycles. The summed E-state index contributed by atoms with van der Waals surface area (Å²) in [6.45, 7) is 4.99. The number of Topliss-reactive ketones (excluding diaryl/α,β-unsaturated/α-hetero) is 1. The van der Waals surface area contributed by atoms with Gasteiger partial charge < -0.3 is 4.74 Å². The molecule has 0 fully saturated rings. The summed E-state index contributed by atoms with van der Waals surface area (Å²) in [5.41, 5.74) is -1.11. The summed E-state index contributed by atoms with van der Waals surface area (Å²) in [6, 6.07) is 0. The number of hydrogen-bond acceptors (Lipinski definition) is 3. The lowest BCUT2D eigenvalue weighted by Crippen LogP contribution is -2.35. The molecule has 0 saturated heterocycles. The van der Waals surface area contributed by atoms with Crippen LogP contribution in [0.5, 0.6) is 0 Å². The Kier molecular flexibility index (Phi) is 4.24.